The highest BCUT2D eigenvalue weighted by atomic mass is 35.5. The standard InChI is InChI=1S/C20H26ClN7O3/c1-13-17(21)26-18(24-9-7-14-5-3-2-4-6-14)19(30)27(13)11-16(29)25-15-8-10-28(20(22)23)31-12-15/h2-6,15H,7-12H2,1H3,(H3,22,23)(H,24,26)(H,25,29). The molecule has 0 bridgehead atoms. The van der Waals surface area contributed by atoms with Crippen LogP contribution in [-0.4, -0.2) is 52.2 Å². The van der Waals surface area contributed by atoms with Crippen LogP contribution in [0.4, 0.5) is 5.82 Å². The van der Waals surface area contributed by atoms with Crippen LogP contribution in [0.2, 0.25) is 5.15 Å². The Morgan fingerprint density at radius 3 is 2.77 bits per heavy atom. The number of nitrogens with zero attached hydrogens (tertiary/aromatic N) is 3. The molecule has 1 aromatic carbocycles. The van der Waals surface area contributed by atoms with Crippen LogP contribution < -0.4 is 21.9 Å². The van der Waals surface area contributed by atoms with Crippen LogP contribution >= 0.6 is 11.6 Å². The first kappa shape index (κ1) is 22.6. The van der Waals surface area contributed by atoms with Crippen molar-refractivity contribution in [2.24, 2.45) is 5.73 Å². The molecule has 3 rings (SSSR count). The molecule has 0 radical (unpaired) electrons. The minimum absolute atomic E-state index is 0.109. The van der Waals surface area contributed by atoms with Crippen molar-refractivity contribution >= 4 is 29.3 Å². The number of rotatable bonds is 7. The molecule has 2 heterocycles. The number of nitrogens with one attached hydrogen (secondary N) is 3. The number of carbonyl (C=O) groups is 1. The number of guanidine groups is 1. The molecule has 31 heavy (non-hydrogen) atoms. The van der Waals surface area contributed by atoms with Gasteiger partial charge in [-0.2, -0.15) is 0 Å². The third kappa shape index (κ3) is 5.96. The molecule has 1 saturated heterocycles. The van der Waals surface area contributed by atoms with Gasteiger partial charge >= 0.3 is 0 Å². The topological polar surface area (TPSA) is 138 Å². The number of carbonyl (C=O) groups excluding carboxylic acids is 1. The first-order chi connectivity index (χ1) is 14.8. The summed E-state index contributed by atoms with van der Waals surface area (Å²) in [5.41, 5.74) is 6.52. The van der Waals surface area contributed by atoms with Gasteiger partial charge in [0.25, 0.3) is 5.56 Å². The number of aromatic nitrogens is 2. The lowest BCUT2D eigenvalue weighted by molar-refractivity contribution is -0.143. The zero-order valence-electron chi connectivity index (χ0n) is 17.2. The summed E-state index contributed by atoms with van der Waals surface area (Å²) in [6.07, 6.45) is 1.29. The molecule has 10 nitrogen and oxygen atoms in total. The van der Waals surface area contributed by atoms with Gasteiger partial charge in [0, 0.05) is 6.54 Å². The number of anilines is 1. The van der Waals surface area contributed by atoms with Crippen molar-refractivity contribution < 1.29 is 9.63 Å². The summed E-state index contributed by atoms with van der Waals surface area (Å²) in [5.74, 6) is -0.407. The van der Waals surface area contributed by atoms with Gasteiger partial charge in [-0.25, -0.2) is 10.0 Å². The number of halogens is 1. The Labute approximate surface area is 184 Å². The fourth-order valence-corrected chi connectivity index (χ4v) is 3.40. The van der Waals surface area contributed by atoms with E-state index in [9.17, 15) is 9.59 Å². The third-order valence-electron chi connectivity index (χ3n) is 4.96. The molecule has 1 unspecified atom stereocenters. The van der Waals surface area contributed by atoms with Gasteiger partial charge in [0.05, 0.1) is 24.9 Å². The number of benzene rings is 1. The highest BCUT2D eigenvalue weighted by molar-refractivity contribution is 6.30. The molecule has 1 fully saturated rings. The number of amides is 1. The molecule has 0 saturated carbocycles. The van der Waals surface area contributed by atoms with Crippen molar-refractivity contribution in [1.82, 2.24) is 19.9 Å². The third-order valence-corrected chi connectivity index (χ3v) is 5.32. The zero-order chi connectivity index (χ0) is 22.4. The van der Waals surface area contributed by atoms with Gasteiger partial charge in [-0.1, -0.05) is 41.9 Å². The Balaban J connectivity index is 1.62. The van der Waals surface area contributed by atoms with Crippen LogP contribution in [0, 0.1) is 12.3 Å². The summed E-state index contributed by atoms with van der Waals surface area (Å²) in [6.45, 7) is 2.56. The number of hydroxylamine groups is 2. The fraction of sp³-hybridized carbons (Fsp3) is 0.400. The van der Waals surface area contributed by atoms with E-state index in [1.54, 1.807) is 6.92 Å². The van der Waals surface area contributed by atoms with E-state index in [0.29, 0.717) is 31.6 Å². The Hall–Kier alpha value is -3.11. The van der Waals surface area contributed by atoms with Crippen molar-refractivity contribution in [2.75, 3.05) is 25.0 Å². The van der Waals surface area contributed by atoms with Crippen LogP contribution in [0.3, 0.4) is 0 Å². The smallest absolute Gasteiger partial charge is 0.294 e. The van der Waals surface area contributed by atoms with Crippen LogP contribution in [0.15, 0.2) is 35.1 Å². The fourth-order valence-electron chi connectivity index (χ4n) is 3.22. The largest absolute Gasteiger partial charge is 0.368 e. The van der Waals surface area contributed by atoms with E-state index >= 15 is 0 Å². The van der Waals surface area contributed by atoms with Crippen molar-refractivity contribution in [3.8, 4) is 0 Å². The Morgan fingerprint density at radius 2 is 2.13 bits per heavy atom. The summed E-state index contributed by atoms with van der Waals surface area (Å²) < 4.78 is 1.31. The van der Waals surface area contributed by atoms with Crippen molar-refractivity contribution in [3.05, 3.63) is 57.1 Å². The molecule has 0 aliphatic carbocycles. The molecule has 1 amide bonds. The van der Waals surface area contributed by atoms with Gasteiger partial charge in [-0.3, -0.25) is 24.4 Å². The lowest BCUT2D eigenvalue weighted by atomic mass is 10.1. The molecule has 1 aliphatic rings. The van der Waals surface area contributed by atoms with Gasteiger partial charge in [-0.05, 0) is 25.3 Å². The molecule has 1 aromatic heterocycles. The molecular formula is C20H26ClN7O3. The van der Waals surface area contributed by atoms with E-state index in [0.717, 1.165) is 5.56 Å². The molecule has 0 spiro atoms. The minimum atomic E-state index is -0.409. The molecule has 1 aliphatic heterocycles. The van der Waals surface area contributed by atoms with Crippen molar-refractivity contribution in [3.63, 3.8) is 0 Å². The maximum Gasteiger partial charge on any atom is 0.294 e. The summed E-state index contributed by atoms with van der Waals surface area (Å²) in [5, 5.41) is 14.7. The number of nitrogens with two attached hydrogens (primary N) is 1. The first-order valence-electron chi connectivity index (χ1n) is 9.93. The van der Waals surface area contributed by atoms with E-state index in [4.69, 9.17) is 27.6 Å². The SMILES string of the molecule is Cc1c(Cl)nc(NCCc2ccccc2)c(=O)n1CC(=O)NC1CCN(C(=N)N)OC1. The second kappa shape index (κ2) is 10.3. The summed E-state index contributed by atoms with van der Waals surface area (Å²) in [4.78, 5) is 34.9. The average molecular weight is 448 g/mol. The summed E-state index contributed by atoms with van der Waals surface area (Å²) >= 11 is 6.21. The molecular weight excluding hydrogens is 422 g/mol. The molecule has 166 valence electrons. The quantitative estimate of drug-likeness (QED) is 0.365. The first-order valence-corrected chi connectivity index (χ1v) is 10.3. The summed E-state index contributed by atoms with van der Waals surface area (Å²) in [6, 6.07) is 9.63. The lowest BCUT2D eigenvalue weighted by Crippen LogP contribution is -2.50. The predicted molar refractivity (Wildman–Crippen MR) is 118 cm³/mol. The van der Waals surface area contributed by atoms with E-state index in [2.05, 4.69) is 15.6 Å². The predicted octanol–water partition coefficient (Wildman–Crippen LogP) is 0.875. The van der Waals surface area contributed by atoms with Gasteiger partial charge in [-0.15, -0.1) is 0 Å². The molecule has 11 heteroatoms. The van der Waals surface area contributed by atoms with Crippen LogP contribution in [-0.2, 0) is 22.6 Å². The van der Waals surface area contributed by atoms with E-state index in [-0.39, 0.29) is 42.0 Å². The van der Waals surface area contributed by atoms with Crippen LogP contribution in [0.1, 0.15) is 17.7 Å². The number of hydrogen-bond donors (Lipinski definition) is 4. The zero-order valence-corrected chi connectivity index (χ0v) is 18.0. The van der Waals surface area contributed by atoms with Gasteiger partial charge in [0.15, 0.2) is 11.0 Å². The average Bonchev–Trinajstić information content (AvgIpc) is 2.76. The van der Waals surface area contributed by atoms with Crippen molar-refractivity contribution in [1.29, 1.82) is 5.41 Å². The second-order valence-electron chi connectivity index (χ2n) is 7.23. The Morgan fingerprint density at radius 1 is 1.39 bits per heavy atom. The lowest BCUT2D eigenvalue weighted by Gasteiger charge is -2.31. The van der Waals surface area contributed by atoms with Gasteiger partial charge < -0.3 is 16.4 Å². The molecule has 1 atom stereocenters. The highest BCUT2D eigenvalue weighted by Crippen LogP contribution is 2.13. The summed E-state index contributed by atoms with van der Waals surface area (Å²) in [7, 11) is 0. The van der Waals surface area contributed by atoms with Gasteiger partial charge in [0.2, 0.25) is 11.9 Å². The number of hydrogen-bond acceptors (Lipinski definition) is 6. The van der Waals surface area contributed by atoms with Crippen LogP contribution in [0.25, 0.3) is 0 Å². The van der Waals surface area contributed by atoms with E-state index < -0.39 is 5.56 Å². The second-order valence-corrected chi connectivity index (χ2v) is 7.58. The highest BCUT2D eigenvalue weighted by Gasteiger charge is 2.23. The monoisotopic (exact) mass is 447 g/mol. The Bertz CT molecular complexity index is 988. The van der Waals surface area contributed by atoms with Gasteiger partial charge in [0.1, 0.15) is 6.54 Å². The maximum atomic E-state index is 12.9. The van der Waals surface area contributed by atoms with Crippen molar-refractivity contribution in [2.45, 2.75) is 32.4 Å². The van der Waals surface area contributed by atoms with E-state index in [1.165, 1.54) is 9.63 Å². The molecule has 5 N–H and O–H groups in total. The van der Waals surface area contributed by atoms with Crippen LogP contribution in [0.5, 0.6) is 0 Å². The maximum absolute atomic E-state index is 12.9. The minimum Gasteiger partial charge on any atom is -0.368 e. The Kier molecular flexibility index (Phi) is 7.48. The normalized spacial score (nSPS) is 16.1. The van der Waals surface area contributed by atoms with E-state index in [1.807, 2.05) is 30.3 Å². The molecule has 2 aromatic rings.